The number of hydrogen-bond donors (Lipinski definition) is 1. The lowest BCUT2D eigenvalue weighted by molar-refractivity contribution is -0.111. The highest BCUT2D eigenvalue weighted by Gasteiger charge is 2.05. The van der Waals surface area contributed by atoms with E-state index in [0.29, 0.717) is 11.5 Å². The fourth-order valence-electron chi connectivity index (χ4n) is 1.91. The third-order valence-corrected chi connectivity index (χ3v) is 3.74. The van der Waals surface area contributed by atoms with Crippen molar-refractivity contribution in [1.82, 2.24) is 0 Å². The lowest BCUT2D eigenvalue weighted by Crippen LogP contribution is -2.07. The quantitative estimate of drug-likeness (QED) is 0.554. The fourth-order valence-corrected chi connectivity index (χ4v) is 2.27. The van der Waals surface area contributed by atoms with Crippen LogP contribution < -0.4 is 14.8 Å². The zero-order valence-electron chi connectivity index (χ0n) is 13.0. The van der Waals surface area contributed by atoms with Crippen LogP contribution in [0.3, 0.4) is 0 Å². The molecule has 0 aliphatic rings. The Morgan fingerprint density at radius 3 is 2.67 bits per heavy atom. The van der Waals surface area contributed by atoms with Crippen LogP contribution in [0.4, 0.5) is 5.69 Å². The van der Waals surface area contributed by atoms with Crippen molar-refractivity contribution < 1.29 is 14.3 Å². The van der Waals surface area contributed by atoms with E-state index in [4.69, 9.17) is 14.7 Å². The number of nitriles is 1. The molecule has 2 aromatic carbocycles. The van der Waals surface area contributed by atoms with Gasteiger partial charge in [0.15, 0.2) is 18.1 Å². The van der Waals surface area contributed by atoms with Gasteiger partial charge >= 0.3 is 0 Å². The first-order valence-electron chi connectivity index (χ1n) is 7.05. The first-order chi connectivity index (χ1) is 11.6. The topological polar surface area (TPSA) is 71.3 Å². The number of carbonyl (C=O) groups is 1. The van der Waals surface area contributed by atoms with E-state index < -0.39 is 0 Å². The summed E-state index contributed by atoms with van der Waals surface area (Å²) in [7, 11) is 1.52. The normalized spacial score (nSPS) is 10.2. The second-order valence-corrected chi connectivity index (χ2v) is 5.93. The van der Waals surface area contributed by atoms with Gasteiger partial charge in [-0.1, -0.05) is 6.07 Å². The summed E-state index contributed by atoms with van der Waals surface area (Å²) in [5.74, 6) is 0.768. The summed E-state index contributed by atoms with van der Waals surface area (Å²) in [5.41, 5.74) is 1.52. The molecule has 6 heteroatoms. The first-order valence-corrected chi connectivity index (χ1v) is 8.12. The predicted octanol–water partition coefficient (Wildman–Crippen LogP) is 3.85. The fraction of sp³-hybridized carbons (Fsp3) is 0.111. The monoisotopic (exact) mass is 434 g/mol. The number of amides is 1. The summed E-state index contributed by atoms with van der Waals surface area (Å²) in [5, 5.41) is 11.3. The molecule has 0 saturated carbocycles. The van der Waals surface area contributed by atoms with Crippen molar-refractivity contribution in [3.8, 4) is 17.6 Å². The van der Waals surface area contributed by atoms with Crippen molar-refractivity contribution in [2.75, 3.05) is 19.0 Å². The van der Waals surface area contributed by atoms with E-state index in [1.54, 1.807) is 24.3 Å². The van der Waals surface area contributed by atoms with Gasteiger partial charge in [-0.25, -0.2) is 0 Å². The molecular weight excluding hydrogens is 419 g/mol. The third-order valence-electron chi connectivity index (χ3n) is 3.02. The van der Waals surface area contributed by atoms with E-state index in [0.717, 1.165) is 14.8 Å². The SMILES string of the molecule is COc1cc(C=CC(=O)Nc2ccc(I)cc2)ccc1OCC#N. The Morgan fingerprint density at radius 1 is 1.25 bits per heavy atom. The number of ether oxygens (including phenoxy) is 2. The highest BCUT2D eigenvalue weighted by molar-refractivity contribution is 14.1. The highest BCUT2D eigenvalue weighted by atomic mass is 127. The number of nitrogens with one attached hydrogen (secondary N) is 1. The minimum absolute atomic E-state index is 0.0516. The Hall–Kier alpha value is -2.53. The number of hydrogen-bond acceptors (Lipinski definition) is 4. The summed E-state index contributed by atoms with van der Waals surface area (Å²) in [6.45, 7) is -0.0516. The molecular formula is C18H15IN2O3. The molecule has 0 aliphatic heterocycles. The van der Waals surface area contributed by atoms with Crippen LogP contribution in [0, 0.1) is 14.9 Å². The van der Waals surface area contributed by atoms with E-state index in [2.05, 4.69) is 27.9 Å². The number of nitrogens with zero attached hydrogens (tertiary/aromatic N) is 1. The van der Waals surface area contributed by atoms with Crippen molar-refractivity contribution in [3.05, 3.63) is 57.7 Å². The summed E-state index contributed by atoms with van der Waals surface area (Å²) in [4.78, 5) is 11.9. The Morgan fingerprint density at radius 2 is 2.00 bits per heavy atom. The van der Waals surface area contributed by atoms with Gasteiger partial charge in [0.25, 0.3) is 0 Å². The number of halogens is 1. The van der Waals surface area contributed by atoms with Gasteiger partial charge in [-0.15, -0.1) is 0 Å². The second kappa shape index (κ2) is 8.93. The van der Waals surface area contributed by atoms with E-state index >= 15 is 0 Å². The van der Waals surface area contributed by atoms with Crippen LogP contribution in [0.15, 0.2) is 48.5 Å². The second-order valence-electron chi connectivity index (χ2n) is 4.69. The number of rotatable bonds is 6. The van der Waals surface area contributed by atoms with E-state index in [1.807, 2.05) is 30.3 Å². The van der Waals surface area contributed by atoms with Crippen LogP contribution in [0.1, 0.15) is 5.56 Å². The minimum Gasteiger partial charge on any atom is -0.493 e. The molecule has 0 aliphatic carbocycles. The molecule has 122 valence electrons. The largest absolute Gasteiger partial charge is 0.493 e. The van der Waals surface area contributed by atoms with Gasteiger partial charge < -0.3 is 14.8 Å². The van der Waals surface area contributed by atoms with Gasteiger partial charge in [-0.05, 0) is 70.6 Å². The van der Waals surface area contributed by atoms with Crippen molar-refractivity contribution in [1.29, 1.82) is 5.26 Å². The molecule has 2 rings (SSSR count). The van der Waals surface area contributed by atoms with Crippen LogP contribution in [-0.4, -0.2) is 19.6 Å². The van der Waals surface area contributed by atoms with Crippen molar-refractivity contribution in [3.63, 3.8) is 0 Å². The highest BCUT2D eigenvalue weighted by Crippen LogP contribution is 2.28. The first kappa shape index (κ1) is 17.8. The molecule has 0 fully saturated rings. The molecule has 1 amide bonds. The molecule has 0 spiro atoms. The Balaban J connectivity index is 2.03. The maximum atomic E-state index is 11.9. The summed E-state index contributed by atoms with van der Waals surface area (Å²) < 4.78 is 11.6. The third kappa shape index (κ3) is 5.28. The molecule has 0 bridgehead atoms. The maximum Gasteiger partial charge on any atom is 0.248 e. The summed E-state index contributed by atoms with van der Waals surface area (Å²) >= 11 is 2.21. The Labute approximate surface area is 154 Å². The molecule has 0 unspecified atom stereocenters. The van der Waals surface area contributed by atoms with Gasteiger partial charge in [0.05, 0.1) is 7.11 Å². The molecule has 0 saturated heterocycles. The van der Waals surface area contributed by atoms with Gasteiger partial charge in [0, 0.05) is 15.3 Å². The lowest BCUT2D eigenvalue weighted by Gasteiger charge is -2.08. The molecule has 1 N–H and O–H groups in total. The smallest absolute Gasteiger partial charge is 0.248 e. The average molecular weight is 434 g/mol. The van der Waals surface area contributed by atoms with Crippen molar-refractivity contribution >= 4 is 40.3 Å². The lowest BCUT2D eigenvalue weighted by atomic mass is 10.2. The van der Waals surface area contributed by atoms with Crippen LogP contribution in [0.2, 0.25) is 0 Å². The molecule has 5 nitrogen and oxygen atoms in total. The predicted molar refractivity (Wildman–Crippen MR) is 101 cm³/mol. The van der Waals surface area contributed by atoms with Crippen molar-refractivity contribution in [2.24, 2.45) is 0 Å². The van der Waals surface area contributed by atoms with E-state index in [9.17, 15) is 4.79 Å². The molecule has 0 heterocycles. The molecule has 0 radical (unpaired) electrons. The van der Waals surface area contributed by atoms with E-state index in [-0.39, 0.29) is 12.5 Å². The van der Waals surface area contributed by atoms with Crippen LogP contribution in [0.5, 0.6) is 11.5 Å². The Kier molecular flexibility index (Phi) is 6.63. The van der Waals surface area contributed by atoms with Crippen LogP contribution >= 0.6 is 22.6 Å². The van der Waals surface area contributed by atoms with Crippen LogP contribution in [-0.2, 0) is 4.79 Å². The number of carbonyl (C=O) groups excluding carboxylic acids is 1. The number of anilines is 1. The van der Waals surface area contributed by atoms with Gasteiger partial charge in [-0.3, -0.25) is 4.79 Å². The van der Waals surface area contributed by atoms with Gasteiger partial charge in [-0.2, -0.15) is 5.26 Å². The van der Waals surface area contributed by atoms with Gasteiger partial charge in [0.1, 0.15) is 6.07 Å². The Bertz CT molecular complexity index is 780. The standard InChI is InChI=1S/C18H15IN2O3/c1-23-17-12-13(2-8-16(17)24-11-10-20)3-9-18(22)21-15-6-4-14(19)5-7-15/h2-9,12H,11H2,1H3,(H,21,22). The number of methoxy groups -OCH3 is 1. The zero-order valence-corrected chi connectivity index (χ0v) is 15.1. The summed E-state index contributed by atoms with van der Waals surface area (Å²) in [6, 6.07) is 14.7. The molecule has 0 atom stereocenters. The molecule has 0 aromatic heterocycles. The van der Waals surface area contributed by atoms with E-state index in [1.165, 1.54) is 13.2 Å². The molecule has 24 heavy (non-hydrogen) atoms. The zero-order chi connectivity index (χ0) is 17.4. The molecule has 2 aromatic rings. The minimum atomic E-state index is -0.222. The van der Waals surface area contributed by atoms with Crippen LogP contribution in [0.25, 0.3) is 6.08 Å². The maximum absolute atomic E-state index is 11.9. The number of benzene rings is 2. The van der Waals surface area contributed by atoms with Crippen molar-refractivity contribution in [2.45, 2.75) is 0 Å². The average Bonchev–Trinajstić information content (AvgIpc) is 2.60. The summed E-state index contributed by atoms with van der Waals surface area (Å²) in [6.07, 6.45) is 3.13. The van der Waals surface area contributed by atoms with Gasteiger partial charge in [0.2, 0.25) is 5.91 Å².